The number of benzene rings is 3. The second-order valence-electron chi connectivity index (χ2n) is 6.79. The summed E-state index contributed by atoms with van der Waals surface area (Å²) in [7, 11) is 0. The highest BCUT2D eigenvalue weighted by Crippen LogP contribution is 2.35. The molecule has 1 aliphatic rings. The third-order valence-corrected chi connectivity index (χ3v) is 4.82. The zero-order valence-corrected chi connectivity index (χ0v) is 15.8. The van der Waals surface area contributed by atoms with Crippen LogP contribution < -0.4 is 4.74 Å². The number of aromatic hydroxyl groups is 1. The van der Waals surface area contributed by atoms with Gasteiger partial charge in [0, 0.05) is 10.5 Å². The Kier molecular flexibility index (Phi) is 4.21. The Balaban J connectivity index is 1.65. The summed E-state index contributed by atoms with van der Waals surface area (Å²) < 4.78 is 10.8. The number of phenols is 1. The lowest BCUT2D eigenvalue weighted by molar-refractivity contribution is -0.491. The fourth-order valence-electron chi connectivity index (χ4n) is 3.39. The summed E-state index contributed by atoms with van der Waals surface area (Å²) in [5, 5.41) is 21.9. The maximum atomic E-state index is 12.2. The lowest BCUT2D eigenvalue weighted by atomic mass is 9.99. The molecule has 0 saturated carbocycles. The zero-order chi connectivity index (χ0) is 21.5. The maximum absolute atomic E-state index is 12.2. The van der Waals surface area contributed by atoms with Crippen LogP contribution in [0.15, 0.2) is 76.1 Å². The van der Waals surface area contributed by atoms with Crippen LogP contribution in [0.5, 0.6) is 11.5 Å². The molecule has 1 atom stereocenters. The van der Waals surface area contributed by atoms with Crippen molar-refractivity contribution < 1.29 is 24.0 Å². The van der Waals surface area contributed by atoms with Crippen LogP contribution in [0.2, 0.25) is 0 Å². The molecule has 0 bridgehead atoms. The molecule has 0 amide bonds. The molecule has 4 aromatic rings. The molecule has 1 aliphatic heterocycles. The molecule has 0 radical (unpaired) electrons. The van der Waals surface area contributed by atoms with Crippen molar-refractivity contribution in [3.05, 3.63) is 82.4 Å². The summed E-state index contributed by atoms with van der Waals surface area (Å²) in [5.74, 6) is -0.734. The number of hydrogen-bond acceptors (Lipinski definition) is 8. The van der Waals surface area contributed by atoms with Crippen molar-refractivity contribution in [2.45, 2.75) is 6.04 Å². The van der Waals surface area contributed by atoms with Gasteiger partial charge in [0.25, 0.3) is 0 Å². The number of esters is 1. The number of fused-ring (bicyclic) bond motifs is 2. The lowest BCUT2D eigenvalue weighted by Crippen LogP contribution is -2.44. The number of carbonyl (C=O) groups is 1. The number of phenolic OH excluding ortho intramolecular Hbond substituents is 1. The minimum atomic E-state index is -1.77. The summed E-state index contributed by atoms with van der Waals surface area (Å²) >= 11 is 0. The van der Waals surface area contributed by atoms with Crippen LogP contribution in [-0.4, -0.2) is 32.7 Å². The molecule has 2 heterocycles. The fraction of sp³-hybridized carbons (Fsp3) is 0.0455. The number of oxazole rings is 1. The molecule has 1 N–H and O–H groups in total. The SMILES string of the molecule is O=C1Oc2ccccc2C(=Nc2ccc(O)c(-c3nc4ccccc4o3)c2)C1[N+](=O)[O-]. The normalized spacial score (nSPS) is 16.8. The van der Waals surface area contributed by atoms with Crippen LogP contribution in [0.4, 0.5) is 5.69 Å². The van der Waals surface area contributed by atoms with Crippen molar-refractivity contribution in [3.63, 3.8) is 0 Å². The maximum Gasteiger partial charge on any atom is 0.393 e. The van der Waals surface area contributed by atoms with Crippen molar-refractivity contribution in [1.29, 1.82) is 0 Å². The smallest absolute Gasteiger partial charge is 0.393 e. The van der Waals surface area contributed by atoms with Crippen LogP contribution >= 0.6 is 0 Å². The summed E-state index contributed by atoms with van der Waals surface area (Å²) in [6, 6.07) is 16.2. The molecule has 3 aromatic carbocycles. The van der Waals surface area contributed by atoms with Crippen LogP contribution in [0, 0.1) is 10.1 Å². The van der Waals surface area contributed by atoms with Crippen molar-refractivity contribution in [2.24, 2.45) is 4.99 Å². The van der Waals surface area contributed by atoms with E-state index in [1.165, 1.54) is 18.2 Å². The Bertz CT molecular complexity index is 1360. The quantitative estimate of drug-likeness (QED) is 0.233. The molecule has 31 heavy (non-hydrogen) atoms. The van der Waals surface area contributed by atoms with Crippen LogP contribution in [-0.2, 0) is 4.79 Å². The van der Waals surface area contributed by atoms with E-state index in [4.69, 9.17) is 9.15 Å². The van der Waals surface area contributed by atoms with Gasteiger partial charge in [-0.1, -0.05) is 24.3 Å². The molecule has 152 valence electrons. The van der Waals surface area contributed by atoms with E-state index < -0.39 is 16.9 Å². The summed E-state index contributed by atoms with van der Waals surface area (Å²) in [6.45, 7) is 0. The van der Waals surface area contributed by atoms with Crippen molar-refractivity contribution in [2.75, 3.05) is 0 Å². The van der Waals surface area contributed by atoms with Gasteiger partial charge in [-0.3, -0.25) is 10.1 Å². The minimum Gasteiger partial charge on any atom is -0.507 e. The summed E-state index contributed by atoms with van der Waals surface area (Å²) in [4.78, 5) is 31.8. The minimum absolute atomic E-state index is 0.0499. The fourth-order valence-corrected chi connectivity index (χ4v) is 3.39. The van der Waals surface area contributed by atoms with E-state index in [1.807, 2.05) is 6.07 Å². The van der Waals surface area contributed by atoms with Crippen LogP contribution in [0.25, 0.3) is 22.6 Å². The topological polar surface area (TPSA) is 128 Å². The average molecular weight is 415 g/mol. The number of rotatable bonds is 3. The highest BCUT2D eigenvalue weighted by atomic mass is 16.6. The lowest BCUT2D eigenvalue weighted by Gasteiger charge is -2.20. The first kappa shape index (κ1) is 18.5. The molecule has 0 saturated heterocycles. The third-order valence-electron chi connectivity index (χ3n) is 4.82. The Morgan fingerprint density at radius 2 is 1.81 bits per heavy atom. The van der Waals surface area contributed by atoms with Gasteiger partial charge in [-0.2, -0.15) is 0 Å². The van der Waals surface area contributed by atoms with Gasteiger partial charge in [0.05, 0.1) is 11.3 Å². The Hall–Kier alpha value is -4.53. The molecule has 1 aromatic heterocycles. The zero-order valence-electron chi connectivity index (χ0n) is 15.8. The van der Waals surface area contributed by atoms with Gasteiger partial charge in [0.1, 0.15) is 22.7 Å². The first-order valence-electron chi connectivity index (χ1n) is 9.23. The molecular weight excluding hydrogens is 402 g/mol. The Labute approximate surface area is 174 Å². The summed E-state index contributed by atoms with van der Waals surface area (Å²) in [5.41, 5.74) is 2.01. The molecule has 9 heteroatoms. The standard InChI is InChI=1S/C22H13N3O6/c26-16-10-9-12(11-14(16)21-24-15-6-2-4-8-18(15)30-21)23-19-13-5-1-3-7-17(13)31-22(27)20(19)25(28)29/h1-11,20,26H. The molecular formula is C22H13N3O6. The Morgan fingerprint density at radius 1 is 1.03 bits per heavy atom. The Morgan fingerprint density at radius 3 is 2.61 bits per heavy atom. The highest BCUT2D eigenvalue weighted by molar-refractivity contribution is 6.19. The van der Waals surface area contributed by atoms with Crippen molar-refractivity contribution in [3.8, 4) is 23.0 Å². The monoisotopic (exact) mass is 415 g/mol. The van der Waals surface area contributed by atoms with E-state index in [0.717, 1.165) is 0 Å². The molecule has 0 spiro atoms. The number of carbonyl (C=O) groups excluding carboxylic acids is 1. The summed E-state index contributed by atoms with van der Waals surface area (Å²) in [6.07, 6.45) is 0. The average Bonchev–Trinajstić information content (AvgIpc) is 3.18. The van der Waals surface area contributed by atoms with E-state index in [9.17, 15) is 20.0 Å². The van der Waals surface area contributed by atoms with Gasteiger partial charge >= 0.3 is 12.0 Å². The van der Waals surface area contributed by atoms with Gasteiger partial charge in [-0.25, -0.2) is 14.8 Å². The number of ether oxygens (including phenoxy) is 1. The first-order chi connectivity index (χ1) is 15.0. The third kappa shape index (κ3) is 3.18. The molecule has 0 aliphatic carbocycles. The second-order valence-corrected chi connectivity index (χ2v) is 6.79. The number of aliphatic imine (C=N–C) groups is 1. The number of nitrogens with zero attached hydrogens (tertiary/aromatic N) is 3. The molecule has 1 unspecified atom stereocenters. The van der Waals surface area contributed by atoms with Crippen molar-refractivity contribution in [1.82, 2.24) is 4.98 Å². The van der Waals surface area contributed by atoms with E-state index in [2.05, 4.69) is 9.98 Å². The van der Waals surface area contributed by atoms with Gasteiger partial charge in [0.15, 0.2) is 5.58 Å². The highest BCUT2D eigenvalue weighted by Gasteiger charge is 2.43. The predicted molar refractivity (Wildman–Crippen MR) is 110 cm³/mol. The largest absolute Gasteiger partial charge is 0.507 e. The second kappa shape index (κ2) is 7.06. The van der Waals surface area contributed by atoms with E-state index in [1.54, 1.807) is 42.5 Å². The van der Waals surface area contributed by atoms with Crippen molar-refractivity contribution >= 4 is 28.5 Å². The van der Waals surface area contributed by atoms with E-state index in [0.29, 0.717) is 16.7 Å². The number of nitro groups is 1. The number of hydrogen-bond donors (Lipinski definition) is 1. The van der Waals surface area contributed by atoms with Gasteiger partial charge < -0.3 is 14.3 Å². The van der Waals surface area contributed by atoms with Gasteiger partial charge in [-0.15, -0.1) is 0 Å². The molecule has 5 rings (SSSR count). The van der Waals surface area contributed by atoms with E-state index >= 15 is 0 Å². The predicted octanol–water partition coefficient (Wildman–Crippen LogP) is 3.89. The molecule has 0 fully saturated rings. The number of aromatic nitrogens is 1. The van der Waals surface area contributed by atoms with Crippen LogP contribution in [0.1, 0.15) is 5.56 Å². The first-order valence-corrected chi connectivity index (χ1v) is 9.23. The molecule has 9 nitrogen and oxygen atoms in total. The van der Waals surface area contributed by atoms with Crippen LogP contribution in [0.3, 0.4) is 0 Å². The van der Waals surface area contributed by atoms with E-state index in [-0.39, 0.29) is 34.4 Å². The number of para-hydroxylation sites is 3. The van der Waals surface area contributed by atoms with Gasteiger partial charge in [-0.05, 0) is 42.5 Å². The van der Waals surface area contributed by atoms with Gasteiger partial charge in [0.2, 0.25) is 5.89 Å².